The third-order valence-electron chi connectivity index (χ3n) is 3.59. The predicted octanol–water partition coefficient (Wildman–Crippen LogP) is 5.41. The van der Waals surface area contributed by atoms with Crippen LogP contribution in [0.1, 0.15) is 64.7 Å². The first-order valence-electron chi connectivity index (χ1n) is 9.93. The van der Waals surface area contributed by atoms with Crippen molar-refractivity contribution in [1.82, 2.24) is 5.32 Å². The van der Waals surface area contributed by atoms with Crippen molar-refractivity contribution in [2.24, 2.45) is 0 Å². The van der Waals surface area contributed by atoms with E-state index < -0.39 is 0 Å². The molecule has 0 aliphatic rings. The molecule has 0 aromatic heterocycles. The first-order valence-corrected chi connectivity index (χ1v) is 9.93. The summed E-state index contributed by atoms with van der Waals surface area (Å²) in [5, 5.41) is 11.4. The Labute approximate surface area is 160 Å². The number of hydrogen-bond acceptors (Lipinski definition) is 2. The first-order chi connectivity index (χ1) is 12.8. The van der Waals surface area contributed by atoms with Crippen LogP contribution in [0.2, 0.25) is 0 Å². The number of aliphatic hydroxyl groups is 1. The highest BCUT2D eigenvalue weighted by Gasteiger charge is 1.98. The average molecular weight is 360 g/mol. The van der Waals surface area contributed by atoms with Gasteiger partial charge >= 0.3 is 0 Å². The Bertz CT molecular complexity index is 459. The molecule has 0 saturated heterocycles. The highest BCUT2D eigenvalue weighted by Crippen LogP contribution is 1.99. The van der Waals surface area contributed by atoms with Gasteiger partial charge in [0.2, 0.25) is 5.91 Å². The summed E-state index contributed by atoms with van der Waals surface area (Å²) in [5.74, 6) is 0.0748. The fraction of sp³-hybridized carbons (Fsp3) is 0.522. The lowest BCUT2D eigenvalue weighted by molar-refractivity contribution is -0.121. The second-order valence-corrected chi connectivity index (χ2v) is 6.03. The van der Waals surface area contributed by atoms with E-state index in [-0.39, 0.29) is 12.5 Å². The Morgan fingerprint density at radius 1 is 0.769 bits per heavy atom. The summed E-state index contributed by atoms with van der Waals surface area (Å²) in [5.41, 5.74) is 0. The second-order valence-electron chi connectivity index (χ2n) is 6.03. The monoisotopic (exact) mass is 359 g/mol. The van der Waals surface area contributed by atoms with E-state index in [4.69, 9.17) is 5.11 Å². The van der Waals surface area contributed by atoms with Crippen LogP contribution in [0, 0.1) is 0 Å². The van der Waals surface area contributed by atoms with E-state index in [9.17, 15) is 4.79 Å². The van der Waals surface area contributed by atoms with Crippen LogP contribution in [-0.4, -0.2) is 24.2 Å². The zero-order chi connectivity index (χ0) is 19.1. The van der Waals surface area contributed by atoms with Gasteiger partial charge in [-0.1, -0.05) is 67.7 Å². The van der Waals surface area contributed by atoms with E-state index in [0.717, 1.165) is 44.9 Å². The molecule has 0 aromatic rings. The molecule has 1 amide bonds. The van der Waals surface area contributed by atoms with Crippen LogP contribution in [0.15, 0.2) is 60.8 Å². The fourth-order valence-corrected chi connectivity index (χ4v) is 2.14. The van der Waals surface area contributed by atoms with Gasteiger partial charge in [0.25, 0.3) is 0 Å². The lowest BCUT2D eigenvalue weighted by atomic mass is 10.2. The molecule has 2 N–H and O–H groups in total. The minimum absolute atomic E-state index is 0.0748. The molecule has 0 fully saturated rings. The summed E-state index contributed by atoms with van der Waals surface area (Å²) in [4.78, 5) is 11.4. The molecule has 0 radical (unpaired) electrons. The summed E-state index contributed by atoms with van der Waals surface area (Å²) in [6.07, 6.45) is 29.9. The molecule has 0 unspecified atom stereocenters. The lowest BCUT2D eigenvalue weighted by Gasteiger charge is -2.02. The van der Waals surface area contributed by atoms with Crippen molar-refractivity contribution >= 4 is 5.91 Å². The molecule has 3 heteroatoms. The third-order valence-corrected chi connectivity index (χ3v) is 3.59. The number of rotatable bonds is 16. The first kappa shape index (κ1) is 24.1. The summed E-state index contributed by atoms with van der Waals surface area (Å²) in [7, 11) is 0. The van der Waals surface area contributed by atoms with Gasteiger partial charge in [0, 0.05) is 19.6 Å². The SMILES string of the molecule is CC/C=C\C/C=C\C/C=C\C/C=C\C/C=C\CCCC(=O)NCCCO. The molecule has 0 atom stereocenters. The van der Waals surface area contributed by atoms with Gasteiger partial charge in [-0.2, -0.15) is 0 Å². The fourth-order valence-electron chi connectivity index (χ4n) is 2.14. The minimum Gasteiger partial charge on any atom is -0.396 e. The largest absolute Gasteiger partial charge is 0.396 e. The molecular formula is C23H37NO2. The molecule has 0 saturated carbocycles. The van der Waals surface area contributed by atoms with Crippen LogP contribution >= 0.6 is 0 Å². The average Bonchev–Trinajstić information content (AvgIpc) is 2.64. The van der Waals surface area contributed by atoms with Gasteiger partial charge in [-0.05, 0) is 51.4 Å². The zero-order valence-electron chi connectivity index (χ0n) is 16.4. The molecule has 0 heterocycles. The Hall–Kier alpha value is -1.87. The molecule has 26 heavy (non-hydrogen) atoms. The van der Waals surface area contributed by atoms with E-state index in [0.29, 0.717) is 19.4 Å². The van der Waals surface area contributed by atoms with E-state index in [1.165, 1.54) is 0 Å². The van der Waals surface area contributed by atoms with Gasteiger partial charge in [-0.15, -0.1) is 0 Å². The van der Waals surface area contributed by atoms with Crippen LogP contribution in [-0.2, 0) is 4.79 Å². The van der Waals surface area contributed by atoms with Crippen LogP contribution in [0.5, 0.6) is 0 Å². The van der Waals surface area contributed by atoms with E-state index >= 15 is 0 Å². The summed E-state index contributed by atoms with van der Waals surface area (Å²) < 4.78 is 0. The minimum atomic E-state index is 0.0748. The van der Waals surface area contributed by atoms with Crippen molar-refractivity contribution in [1.29, 1.82) is 0 Å². The quantitative estimate of drug-likeness (QED) is 0.286. The Morgan fingerprint density at radius 3 is 1.77 bits per heavy atom. The predicted molar refractivity (Wildman–Crippen MR) is 113 cm³/mol. The Kier molecular flexibility index (Phi) is 19.7. The van der Waals surface area contributed by atoms with Crippen molar-refractivity contribution in [3.05, 3.63) is 60.8 Å². The standard InChI is InChI=1S/C23H37NO2/c1-2-3-4-5-6-7-8-9-10-11-12-13-14-15-16-17-18-20-23(26)24-21-19-22-25/h3-4,6-7,9-10,12-13,15-16,25H,2,5,8,11,14,17-22H2,1H3,(H,24,26)/b4-3-,7-6-,10-9-,13-12-,16-15-. The number of carbonyl (C=O) groups is 1. The van der Waals surface area contributed by atoms with Crippen molar-refractivity contribution < 1.29 is 9.90 Å². The number of nitrogens with one attached hydrogen (secondary N) is 1. The summed E-state index contributed by atoms with van der Waals surface area (Å²) in [6.45, 7) is 2.84. The van der Waals surface area contributed by atoms with Gasteiger partial charge in [-0.3, -0.25) is 4.79 Å². The lowest BCUT2D eigenvalue weighted by Crippen LogP contribution is -2.24. The number of allylic oxidation sites excluding steroid dienone is 10. The molecule has 3 nitrogen and oxygen atoms in total. The van der Waals surface area contributed by atoms with Crippen LogP contribution < -0.4 is 5.32 Å². The van der Waals surface area contributed by atoms with Crippen molar-refractivity contribution in [3.63, 3.8) is 0 Å². The molecule has 0 spiro atoms. The summed E-state index contributed by atoms with van der Waals surface area (Å²) >= 11 is 0. The maximum Gasteiger partial charge on any atom is 0.220 e. The van der Waals surface area contributed by atoms with Crippen molar-refractivity contribution in [2.75, 3.05) is 13.2 Å². The van der Waals surface area contributed by atoms with Gasteiger partial charge in [0.05, 0.1) is 0 Å². The van der Waals surface area contributed by atoms with Crippen LogP contribution in [0.25, 0.3) is 0 Å². The molecule has 0 aromatic carbocycles. The highest BCUT2D eigenvalue weighted by atomic mass is 16.3. The normalized spacial score (nSPS) is 12.5. The zero-order valence-corrected chi connectivity index (χ0v) is 16.4. The maximum absolute atomic E-state index is 11.4. The topological polar surface area (TPSA) is 49.3 Å². The van der Waals surface area contributed by atoms with Crippen LogP contribution in [0.4, 0.5) is 0 Å². The van der Waals surface area contributed by atoms with E-state index in [1.807, 2.05) is 0 Å². The molecule has 0 aliphatic carbocycles. The van der Waals surface area contributed by atoms with Crippen molar-refractivity contribution in [3.8, 4) is 0 Å². The number of carbonyl (C=O) groups excluding carboxylic acids is 1. The van der Waals surface area contributed by atoms with Gasteiger partial charge in [0.15, 0.2) is 0 Å². The van der Waals surface area contributed by atoms with E-state index in [1.54, 1.807) is 0 Å². The van der Waals surface area contributed by atoms with Gasteiger partial charge < -0.3 is 10.4 Å². The number of unbranched alkanes of at least 4 members (excludes halogenated alkanes) is 1. The highest BCUT2D eigenvalue weighted by molar-refractivity contribution is 5.75. The Balaban J connectivity index is 3.48. The number of amides is 1. The summed E-state index contributed by atoms with van der Waals surface area (Å²) in [6, 6.07) is 0. The third kappa shape index (κ3) is 20.2. The van der Waals surface area contributed by atoms with Gasteiger partial charge in [-0.25, -0.2) is 0 Å². The second kappa shape index (κ2) is 21.2. The molecule has 146 valence electrons. The van der Waals surface area contributed by atoms with E-state index in [2.05, 4.69) is 73.0 Å². The van der Waals surface area contributed by atoms with Crippen LogP contribution in [0.3, 0.4) is 0 Å². The molecule has 0 bridgehead atoms. The smallest absolute Gasteiger partial charge is 0.220 e. The van der Waals surface area contributed by atoms with Crippen molar-refractivity contribution in [2.45, 2.75) is 64.7 Å². The maximum atomic E-state index is 11.4. The number of hydrogen-bond donors (Lipinski definition) is 2. The number of aliphatic hydroxyl groups excluding tert-OH is 1. The Morgan fingerprint density at radius 2 is 1.27 bits per heavy atom. The molecule has 0 aliphatic heterocycles. The molecular weight excluding hydrogens is 322 g/mol. The molecule has 0 rings (SSSR count). The van der Waals surface area contributed by atoms with Gasteiger partial charge in [0.1, 0.15) is 0 Å².